The molecule has 162 valence electrons. The van der Waals surface area contributed by atoms with Gasteiger partial charge in [-0.15, -0.1) is 22.7 Å². The lowest BCUT2D eigenvalue weighted by molar-refractivity contribution is -0.122. The van der Waals surface area contributed by atoms with Gasteiger partial charge in [-0.3, -0.25) is 19.1 Å². The van der Waals surface area contributed by atoms with Gasteiger partial charge in [0.2, 0.25) is 5.91 Å². The molecular weight excluding hydrogens is 448 g/mol. The van der Waals surface area contributed by atoms with Crippen LogP contribution in [0, 0.1) is 0 Å². The van der Waals surface area contributed by atoms with Gasteiger partial charge in [0.1, 0.15) is 11.4 Å². The van der Waals surface area contributed by atoms with Gasteiger partial charge in [-0.25, -0.2) is 4.98 Å². The number of likely N-dealkylation sites (N-methyl/N-ethyl adjacent to an activating group) is 1. The fourth-order valence-corrected chi connectivity index (χ4v) is 6.13. The van der Waals surface area contributed by atoms with E-state index in [1.54, 1.807) is 22.7 Å². The SMILES string of the molecule is CCN(CC)C(CNC(=O)Cn1cnc2scc(-c3cccs3)c2c1=O)c1ccsc1. The first kappa shape index (κ1) is 21.9. The molecule has 6 nitrogen and oxygen atoms in total. The molecule has 0 aromatic carbocycles. The number of carbonyl (C=O) groups is 1. The van der Waals surface area contributed by atoms with E-state index in [1.165, 1.54) is 27.8 Å². The van der Waals surface area contributed by atoms with Gasteiger partial charge in [0.05, 0.1) is 17.8 Å². The zero-order valence-electron chi connectivity index (χ0n) is 17.4. The highest BCUT2D eigenvalue weighted by Gasteiger charge is 2.20. The number of rotatable bonds is 9. The van der Waals surface area contributed by atoms with Crippen molar-refractivity contribution in [3.8, 4) is 10.4 Å². The standard InChI is InChI=1S/C22H24N4O2S3/c1-3-25(4-2)17(15-7-9-29-12-15)10-23-19(27)11-26-14-24-21-20(22(26)28)16(13-31-21)18-6-5-8-30-18/h5-9,12-14,17H,3-4,10-11H2,1-2H3,(H,23,27). The summed E-state index contributed by atoms with van der Waals surface area (Å²) in [6.45, 7) is 6.50. The average molecular weight is 473 g/mol. The minimum atomic E-state index is -0.191. The summed E-state index contributed by atoms with van der Waals surface area (Å²) < 4.78 is 1.40. The fourth-order valence-electron chi connectivity index (χ4n) is 3.70. The van der Waals surface area contributed by atoms with Crippen LogP contribution in [0.25, 0.3) is 20.7 Å². The number of nitrogens with one attached hydrogen (secondary N) is 1. The third-order valence-electron chi connectivity index (χ3n) is 5.33. The molecule has 1 unspecified atom stereocenters. The van der Waals surface area contributed by atoms with Crippen LogP contribution in [-0.2, 0) is 11.3 Å². The van der Waals surface area contributed by atoms with Crippen LogP contribution < -0.4 is 10.9 Å². The Morgan fingerprint density at radius 3 is 2.71 bits per heavy atom. The van der Waals surface area contributed by atoms with Gasteiger partial charge in [-0.2, -0.15) is 11.3 Å². The van der Waals surface area contributed by atoms with E-state index in [9.17, 15) is 9.59 Å². The van der Waals surface area contributed by atoms with Crippen LogP contribution in [-0.4, -0.2) is 40.0 Å². The topological polar surface area (TPSA) is 67.2 Å². The predicted molar refractivity (Wildman–Crippen MR) is 130 cm³/mol. The van der Waals surface area contributed by atoms with Crippen molar-refractivity contribution >= 4 is 50.1 Å². The summed E-state index contributed by atoms with van der Waals surface area (Å²) in [5, 5.41) is 11.7. The first-order chi connectivity index (χ1) is 15.1. The Balaban J connectivity index is 1.51. The first-order valence-corrected chi connectivity index (χ1v) is 12.9. The van der Waals surface area contributed by atoms with Crippen LogP contribution >= 0.6 is 34.0 Å². The molecule has 0 aliphatic carbocycles. The highest BCUT2D eigenvalue weighted by Crippen LogP contribution is 2.33. The van der Waals surface area contributed by atoms with Crippen LogP contribution in [0.3, 0.4) is 0 Å². The van der Waals surface area contributed by atoms with E-state index in [4.69, 9.17) is 0 Å². The summed E-state index contributed by atoms with van der Waals surface area (Å²) in [6.07, 6.45) is 1.47. The second-order valence-electron chi connectivity index (χ2n) is 7.08. The summed E-state index contributed by atoms with van der Waals surface area (Å²) in [5.41, 5.74) is 1.91. The van der Waals surface area contributed by atoms with Gasteiger partial charge in [0.15, 0.2) is 0 Å². The lowest BCUT2D eigenvalue weighted by Crippen LogP contribution is -2.40. The van der Waals surface area contributed by atoms with Crippen molar-refractivity contribution < 1.29 is 4.79 Å². The van der Waals surface area contributed by atoms with Crippen molar-refractivity contribution in [2.24, 2.45) is 0 Å². The molecular formula is C22H24N4O2S3. The summed E-state index contributed by atoms with van der Waals surface area (Å²) >= 11 is 4.70. The molecule has 1 atom stereocenters. The molecule has 0 aliphatic heterocycles. The van der Waals surface area contributed by atoms with Crippen molar-refractivity contribution in [2.75, 3.05) is 19.6 Å². The van der Waals surface area contributed by atoms with E-state index in [2.05, 4.69) is 45.9 Å². The maximum atomic E-state index is 13.1. The third kappa shape index (κ3) is 4.64. The molecule has 4 heterocycles. The number of nitrogens with zero attached hydrogens (tertiary/aromatic N) is 3. The van der Waals surface area contributed by atoms with E-state index in [1.807, 2.05) is 22.9 Å². The van der Waals surface area contributed by atoms with Gasteiger partial charge < -0.3 is 5.32 Å². The lowest BCUT2D eigenvalue weighted by atomic mass is 10.1. The normalized spacial score (nSPS) is 12.5. The summed E-state index contributed by atoms with van der Waals surface area (Å²) in [6, 6.07) is 6.18. The molecule has 0 fully saturated rings. The maximum Gasteiger partial charge on any atom is 0.263 e. The Bertz CT molecular complexity index is 1190. The average Bonchev–Trinajstić information content (AvgIpc) is 3.54. The Hall–Kier alpha value is -2.33. The molecule has 4 aromatic rings. The predicted octanol–water partition coefficient (Wildman–Crippen LogP) is 4.45. The van der Waals surface area contributed by atoms with Gasteiger partial charge in [0.25, 0.3) is 5.56 Å². The molecule has 0 saturated carbocycles. The molecule has 4 rings (SSSR count). The summed E-state index contributed by atoms with van der Waals surface area (Å²) in [4.78, 5) is 34.3. The molecule has 1 N–H and O–H groups in total. The summed E-state index contributed by atoms with van der Waals surface area (Å²) in [7, 11) is 0. The number of thiophene rings is 3. The van der Waals surface area contributed by atoms with Crippen molar-refractivity contribution in [1.82, 2.24) is 19.8 Å². The van der Waals surface area contributed by atoms with Crippen LogP contribution in [0.2, 0.25) is 0 Å². The molecule has 31 heavy (non-hydrogen) atoms. The van der Waals surface area contributed by atoms with Crippen LogP contribution in [0.1, 0.15) is 25.5 Å². The number of hydrogen-bond donors (Lipinski definition) is 1. The van der Waals surface area contributed by atoms with Crippen molar-refractivity contribution in [3.63, 3.8) is 0 Å². The molecule has 1 amide bonds. The van der Waals surface area contributed by atoms with Gasteiger partial charge in [0, 0.05) is 22.4 Å². The zero-order valence-corrected chi connectivity index (χ0v) is 19.9. The minimum Gasteiger partial charge on any atom is -0.353 e. The smallest absolute Gasteiger partial charge is 0.263 e. The third-order valence-corrected chi connectivity index (χ3v) is 7.83. The minimum absolute atomic E-state index is 0.0455. The molecule has 0 bridgehead atoms. The number of fused-ring (bicyclic) bond motifs is 1. The molecule has 0 spiro atoms. The van der Waals surface area contributed by atoms with E-state index in [-0.39, 0.29) is 24.1 Å². The van der Waals surface area contributed by atoms with Crippen LogP contribution in [0.15, 0.2) is 50.8 Å². The highest BCUT2D eigenvalue weighted by atomic mass is 32.1. The Morgan fingerprint density at radius 2 is 2.03 bits per heavy atom. The lowest BCUT2D eigenvalue weighted by Gasteiger charge is -2.29. The van der Waals surface area contributed by atoms with E-state index >= 15 is 0 Å². The second-order valence-corrected chi connectivity index (χ2v) is 9.67. The second kappa shape index (κ2) is 9.86. The van der Waals surface area contributed by atoms with E-state index in [0.29, 0.717) is 16.8 Å². The van der Waals surface area contributed by atoms with Gasteiger partial charge in [-0.1, -0.05) is 19.9 Å². The van der Waals surface area contributed by atoms with Crippen molar-refractivity contribution in [3.05, 3.63) is 62.0 Å². The maximum absolute atomic E-state index is 13.1. The summed E-state index contributed by atoms with van der Waals surface area (Å²) in [5.74, 6) is -0.191. The molecule has 0 radical (unpaired) electrons. The van der Waals surface area contributed by atoms with E-state index in [0.717, 1.165) is 23.5 Å². The Morgan fingerprint density at radius 1 is 1.19 bits per heavy atom. The molecule has 4 aromatic heterocycles. The first-order valence-electron chi connectivity index (χ1n) is 10.2. The number of hydrogen-bond acceptors (Lipinski definition) is 7. The Kier molecular flexibility index (Phi) is 6.96. The van der Waals surface area contributed by atoms with Crippen LogP contribution in [0.5, 0.6) is 0 Å². The largest absolute Gasteiger partial charge is 0.353 e. The van der Waals surface area contributed by atoms with E-state index < -0.39 is 0 Å². The van der Waals surface area contributed by atoms with Gasteiger partial charge in [-0.05, 0) is 46.9 Å². The highest BCUT2D eigenvalue weighted by molar-refractivity contribution is 7.18. The number of carbonyl (C=O) groups excluding carboxylic acids is 1. The van der Waals surface area contributed by atoms with Gasteiger partial charge >= 0.3 is 0 Å². The number of amides is 1. The number of aromatic nitrogens is 2. The van der Waals surface area contributed by atoms with Crippen molar-refractivity contribution in [1.29, 1.82) is 0 Å². The zero-order chi connectivity index (χ0) is 21.8. The fraction of sp³-hybridized carbons (Fsp3) is 0.318. The van der Waals surface area contributed by atoms with Crippen LogP contribution in [0.4, 0.5) is 0 Å². The van der Waals surface area contributed by atoms with Crippen molar-refractivity contribution in [2.45, 2.75) is 26.4 Å². The molecule has 0 aliphatic rings. The quantitative estimate of drug-likeness (QED) is 0.391. The molecule has 9 heteroatoms. The molecule has 0 saturated heterocycles. The monoisotopic (exact) mass is 472 g/mol. The Labute approximate surface area is 192 Å².